The molecule has 0 bridgehead atoms. The fourth-order valence-electron chi connectivity index (χ4n) is 2.41. The second-order valence-electron chi connectivity index (χ2n) is 5.64. The number of nitrogens with two attached hydrogens (primary N) is 1. The van der Waals surface area contributed by atoms with Crippen LogP contribution >= 0.6 is 11.6 Å². The molecule has 1 aromatic heterocycles. The molecular formula is C16H23ClN4. The van der Waals surface area contributed by atoms with E-state index in [-0.39, 0.29) is 6.04 Å². The highest BCUT2D eigenvalue weighted by molar-refractivity contribution is 6.30. The molecule has 0 spiro atoms. The monoisotopic (exact) mass is 306 g/mol. The highest BCUT2D eigenvalue weighted by Gasteiger charge is 2.18. The summed E-state index contributed by atoms with van der Waals surface area (Å²) >= 11 is 6.04. The molecule has 1 atom stereocenters. The van der Waals surface area contributed by atoms with Gasteiger partial charge in [-0.15, -0.1) is 0 Å². The second kappa shape index (κ2) is 7.07. The Morgan fingerprint density at radius 3 is 2.71 bits per heavy atom. The Kier molecular flexibility index (Phi) is 5.39. The highest BCUT2D eigenvalue weighted by atomic mass is 35.5. The first-order valence-corrected chi connectivity index (χ1v) is 7.58. The average Bonchev–Trinajstić information content (AvgIpc) is 2.89. The summed E-state index contributed by atoms with van der Waals surface area (Å²) in [5, 5.41) is 5.16. The zero-order chi connectivity index (χ0) is 15.4. The van der Waals surface area contributed by atoms with E-state index >= 15 is 0 Å². The molecule has 1 aromatic carbocycles. The van der Waals surface area contributed by atoms with Crippen molar-refractivity contribution in [2.24, 2.45) is 5.73 Å². The van der Waals surface area contributed by atoms with E-state index in [0.717, 1.165) is 17.1 Å². The summed E-state index contributed by atoms with van der Waals surface area (Å²) < 4.78 is 1.96. The van der Waals surface area contributed by atoms with Gasteiger partial charge in [-0.25, -0.2) is 0 Å². The maximum absolute atomic E-state index is 6.04. The van der Waals surface area contributed by atoms with Crippen molar-refractivity contribution in [2.45, 2.75) is 32.5 Å². The lowest BCUT2D eigenvalue weighted by Gasteiger charge is -2.26. The standard InChI is InChI=1S/C16H23ClN4/c1-12(2)21-11-14(9-19-21)16(8-18)20(3)10-13-5-4-6-15(17)7-13/h4-7,9,11-12,16H,8,10,18H2,1-3H3. The molecule has 0 aliphatic carbocycles. The van der Waals surface area contributed by atoms with Crippen molar-refractivity contribution >= 4 is 11.6 Å². The summed E-state index contributed by atoms with van der Waals surface area (Å²) in [5.41, 5.74) is 8.30. The lowest BCUT2D eigenvalue weighted by atomic mass is 10.1. The van der Waals surface area contributed by atoms with Crippen LogP contribution in [0.15, 0.2) is 36.7 Å². The molecule has 0 radical (unpaired) electrons. The smallest absolute Gasteiger partial charge is 0.0538 e. The summed E-state index contributed by atoms with van der Waals surface area (Å²) in [7, 11) is 2.07. The van der Waals surface area contributed by atoms with E-state index in [1.165, 1.54) is 5.56 Å². The molecular weight excluding hydrogens is 284 g/mol. The molecule has 0 amide bonds. The molecule has 0 saturated carbocycles. The minimum Gasteiger partial charge on any atom is -0.329 e. The fraction of sp³-hybridized carbons (Fsp3) is 0.438. The normalized spacial score (nSPS) is 13.1. The summed E-state index contributed by atoms with van der Waals surface area (Å²) in [6, 6.07) is 8.43. The Labute approximate surface area is 131 Å². The number of aromatic nitrogens is 2. The third kappa shape index (κ3) is 4.06. The Morgan fingerprint density at radius 2 is 2.14 bits per heavy atom. The first-order chi connectivity index (χ1) is 10.0. The van der Waals surface area contributed by atoms with E-state index in [1.807, 2.05) is 29.1 Å². The third-order valence-corrected chi connectivity index (χ3v) is 3.85. The number of halogens is 1. The van der Waals surface area contributed by atoms with Gasteiger partial charge in [0.05, 0.1) is 12.2 Å². The van der Waals surface area contributed by atoms with Gasteiger partial charge in [0.2, 0.25) is 0 Å². The summed E-state index contributed by atoms with van der Waals surface area (Å²) in [5.74, 6) is 0. The predicted molar refractivity (Wildman–Crippen MR) is 87.3 cm³/mol. The van der Waals surface area contributed by atoms with Crippen LogP contribution < -0.4 is 5.73 Å². The van der Waals surface area contributed by atoms with E-state index in [1.54, 1.807) is 0 Å². The van der Waals surface area contributed by atoms with Crippen molar-refractivity contribution in [3.8, 4) is 0 Å². The Morgan fingerprint density at radius 1 is 1.38 bits per heavy atom. The van der Waals surface area contributed by atoms with E-state index in [2.05, 4.69) is 43.2 Å². The number of rotatable bonds is 6. The quantitative estimate of drug-likeness (QED) is 0.891. The highest BCUT2D eigenvalue weighted by Crippen LogP contribution is 2.22. The van der Waals surface area contributed by atoms with Gasteiger partial charge in [-0.05, 0) is 38.6 Å². The van der Waals surface area contributed by atoms with Crippen molar-refractivity contribution in [3.05, 3.63) is 52.8 Å². The van der Waals surface area contributed by atoms with Gasteiger partial charge in [-0.1, -0.05) is 23.7 Å². The number of benzene rings is 1. The van der Waals surface area contributed by atoms with Crippen LogP contribution in [0.5, 0.6) is 0 Å². The molecule has 1 heterocycles. The zero-order valence-electron chi connectivity index (χ0n) is 12.8. The zero-order valence-corrected chi connectivity index (χ0v) is 13.6. The largest absolute Gasteiger partial charge is 0.329 e. The van der Waals surface area contributed by atoms with Crippen LogP contribution in [0, 0.1) is 0 Å². The van der Waals surface area contributed by atoms with Crippen LogP contribution in [0.1, 0.15) is 37.1 Å². The first-order valence-electron chi connectivity index (χ1n) is 7.20. The van der Waals surface area contributed by atoms with E-state index < -0.39 is 0 Å². The van der Waals surface area contributed by atoms with Gasteiger partial charge in [0.25, 0.3) is 0 Å². The number of nitrogens with zero attached hydrogens (tertiary/aromatic N) is 3. The van der Waals surface area contributed by atoms with E-state index in [0.29, 0.717) is 12.6 Å². The molecule has 5 heteroatoms. The average molecular weight is 307 g/mol. The summed E-state index contributed by atoms with van der Waals surface area (Å²) in [4.78, 5) is 2.23. The van der Waals surface area contributed by atoms with Crippen LogP contribution in [0.3, 0.4) is 0 Å². The molecule has 2 aromatic rings. The Balaban J connectivity index is 2.12. The van der Waals surface area contributed by atoms with Gasteiger partial charge in [0.15, 0.2) is 0 Å². The van der Waals surface area contributed by atoms with Crippen LogP contribution in [-0.4, -0.2) is 28.3 Å². The maximum Gasteiger partial charge on any atom is 0.0538 e. The third-order valence-electron chi connectivity index (χ3n) is 3.61. The fourth-order valence-corrected chi connectivity index (χ4v) is 2.62. The van der Waals surface area contributed by atoms with Gasteiger partial charge in [0.1, 0.15) is 0 Å². The van der Waals surface area contributed by atoms with Crippen LogP contribution in [-0.2, 0) is 6.54 Å². The number of hydrogen-bond donors (Lipinski definition) is 1. The van der Waals surface area contributed by atoms with Crippen molar-refractivity contribution in [1.82, 2.24) is 14.7 Å². The molecule has 0 fully saturated rings. The van der Waals surface area contributed by atoms with Gasteiger partial charge >= 0.3 is 0 Å². The predicted octanol–water partition coefficient (Wildman–Crippen LogP) is 3.25. The molecule has 114 valence electrons. The molecule has 0 aliphatic rings. The van der Waals surface area contributed by atoms with Gasteiger partial charge in [0, 0.05) is 35.9 Å². The lowest BCUT2D eigenvalue weighted by molar-refractivity contribution is 0.241. The van der Waals surface area contributed by atoms with Crippen LogP contribution in [0.4, 0.5) is 0 Å². The summed E-state index contributed by atoms with van der Waals surface area (Å²) in [6.07, 6.45) is 3.99. The second-order valence-corrected chi connectivity index (χ2v) is 6.08. The molecule has 21 heavy (non-hydrogen) atoms. The Hall–Kier alpha value is -1.36. The SMILES string of the molecule is CC(C)n1cc(C(CN)N(C)Cc2cccc(Cl)c2)cn1. The minimum atomic E-state index is 0.150. The molecule has 1 unspecified atom stereocenters. The molecule has 0 saturated heterocycles. The van der Waals surface area contributed by atoms with Crippen molar-refractivity contribution in [1.29, 1.82) is 0 Å². The van der Waals surface area contributed by atoms with Crippen molar-refractivity contribution in [2.75, 3.05) is 13.6 Å². The van der Waals surface area contributed by atoms with Gasteiger partial charge < -0.3 is 5.73 Å². The number of likely N-dealkylation sites (N-methyl/N-ethyl adjacent to an activating group) is 1. The van der Waals surface area contributed by atoms with Gasteiger partial charge in [-0.2, -0.15) is 5.10 Å². The van der Waals surface area contributed by atoms with Crippen molar-refractivity contribution < 1.29 is 0 Å². The van der Waals surface area contributed by atoms with Crippen LogP contribution in [0.25, 0.3) is 0 Å². The first kappa shape index (κ1) is 16.0. The lowest BCUT2D eigenvalue weighted by Crippen LogP contribution is -2.30. The molecule has 4 nitrogen and oxygen atoms in total. The minimum absolute atomic E-state index is 0.150. The maximum atomic E-state index is 6.04. The molecule has 2 rings (SSSR count). The van der Waals surface area contributed by atoms with E-state index in [4.69, 9.17) is 17.3 Å². The topological polar surface area (TPSA) is 47.1 Å². The van der Waals surface area contributed by atoms with Crippen molar-refractivity contribution in [3.63, 3.8) is 0 Å². The summed E-state index contributed by atoms with van der Waals surface area (Å²) in [6.45, 7) is 5.59. The Bertz CT molecular complexity index is 579. The molecule has 2 N–H and O–H groups in total. The number of hydrogen-bond acceptors (Lipinski definition) is 3. The van der Waals surface area contributed by atoms with Crippen LogP contribution in [0.2, 0.25) is 5.02 Å². The van der Waals surface area contributed by atoms with E-state index in [9.17, 15) is 0 Å². The van der Waals surface area contributed by atoms with Gasteiger partial charge in [-0.3, -0.25) is 9.58 Å². The molecule has 0 aliphatic heterocycles.